The maximum Gasteiger partial charge on any atom is 0.225 e. The number of nitrogens with one attached hydrogen (secondary N) is 2. The molecule has 1 amide bonds. The van der Waals surface area contributed by atoms with Gasteiger partial charge in [-0.15, -0.1) is 0 Å². The summed E-state index contributed by atoms with van der Waals surface area (Å²) in [6.45, 7) is 3.95. The molecule has 0 fully saturated rings. The molecule has 0 unspecified atom stereocenters. The van der Waals surface area contributed by atoms with Gasteiger partial charge < -0.3 is 10.6 Å². The molecule has 1 rings (SSSR count). The monoisotopic (exact) mass is 234 g/mol. The SMILES string of the molecule is CCCCCNCCC(=O)Nc1ccccc1. The first-order chi connectivity index (χ1) is 8.33. The Balaban J connectivity index is 2.06. The van der Waals surface area contributed by atoms with Gasteiger partial charge in [0.05, 0.1) is 0 Å². The zero-order valence-corrected chi connectivity index (χ0v) is 10.5. The fourth-order valence-corrected chi connectivity index (χ4v) is 1.57. The van der Waals surface area contributed by atoms with Crippen LogP contribution in [0.3, 0.4) is 0 Å². The van der Waals surface area contributed by atoms with Gasteiger partial charge in [0.25, 0.3) is 0 Å². The smallest absolute Gasteiger partial charge is 0.225 e. The van der Waals surface area contributed by atoms with Crippen molar-refractivity contribution in [2.75, 3.05) is 18.4 Å². The van der Waals surface area contributed by atoms with Crippen molar-refractivity contribution < 1.29 is 4.79 Å². The molecule has 0 saturated heterocycles. The molecule has 3 nitrogen and oxygen atoms in total. The van der Waals surface area contributed by atoms with Crippen LogP contribution in [-0.2, 0) is 4.79 Å². The van der Waals surface area contributed by atoms with Crippen LogP contribution in [0.1, 0.15) is 32.6 Å². The summed E-state index contributed by atoms with van der Waals surface area (Å²) in [6.07, 6.45) is 4.21. The Labute approximate surface area is 104 Å². The number of carbonyl (C=O) groups is 1. The van der Waals surface area contributed by atoms with Crippen molar-refractivity contribution >= 4 is 11.6 Å². The molecule has 1 aromatic carbocycles. The van der Waals surface area contributed by atoms with Gasteiger partial charge in [0.1, 0.15) is 0 Å². The van der Waals surface area contributed by atoms with Crippen molar-refractivity contribution in [2.24, 2.45) is 0 Å². The summed E-state index contributed by atoms with van der Waals surface area (Å²) in [5.41, 5.74) is 0.864. The first-order valence-electron chi connectivity index (χ1n) is 6.38. The van der Waals surface area contributed by atoms with Crippen molar-refractivity contribution in [3.63, 3.8) is 0 Å². The summed E-state index contributed by atoms with van der Waals surface area (Å²) < 4.78 is 0. The topological polar surface area (TPSA) is 41.1 Å². The predicted molar refractivity (Wildman–Crippen MR) is 72.1 cm³/mol. The largest absolute Gasteiger partial charge is 0.326 e. The summed E-state index contributed by atoms with van der Waals surface area (Å²) in [5, 5.41) is 6.14. The highest BCUT2D eigenvalue weighted by Gasteiger charge is 2.00. The van der Waals surface area contributed by atoms with Gasteiger partial charge in [-0.05, 0) is 25.1 Å². The molecule has 0 spiro atoms. The molecule has 0 radical (unpaired) electrons. The Morgan fingerprint density at radius 2 is 1.88 bits per heavy atom. The third-order valence-electron chi connectivity index (χ3n) is 2.54. The number of benzene rings is 1. The zero-order valence-electron chi connectivity index (χ0n) is 10.5. The van der Waals surface area contributed by atoms with Crippen LogP contribution in [0.15, 0.2) is 30.3 Å². The fourth-order valence-electron chi connectivity index (χ4n) is 1.57. The van der Waals surface area contributed by atoms with Gasteiger partial charge in [0, 0.05) is 18.7 Å². The highest BCUT2D eigenvalue weighted by atomic mass is 16.1. The van der Waals surface area contributed by atoms with Gasteiger partial charge in [0.2, 0.25) is 5.91 Å². The lowest BCUT2D eigenvalue weighted by molar-refractivity contribution is -0.116. The number of amides is 1. The standard InChI is InChI=1S/C14H22N2O/c1-2-3-7-11-15-12-10-14(17)16-13-8-5-4-6-9-13/h4-6,8-9,15H,2-3,7,10-12H2,1H3,(H,16,17). The molecule has 1 aromatic rings. The van der Waals surface area contributed by atoms with Gasteiger partial charge in [-0.1, -0.05) is 38.0 Å². The van der Waals surface area contributed by atoms with E-state index in [0.29, 0.717) is 6.42 Å². The predicted octanol–water partition coefficient (Wildman–Crippen LogP) is 2.80. The van der Waals surface area contributed by atoms with Gasteiger partial charge in [-0.3, -0.25) is 4.79 Å². The average Bonchev–Trinajstić information content (AvgIpc) is 2.35. The number of unbranched alkanes of at least 4 members (excludes halogenated alkanes) is 2. The molecule has 0 bridgehead atoms. The summed E-state index contributed by atoms with van der Waals surface area (Å²) in [5.74, 6) is 0.0687. The third kappa shape index (κ3) is 6.74. The fraction of sp³-hybridized carbons (Fsp3) is 0.500. The van der Waals surface area contributed by atoms with E-state index in [9.17, 15) is 4.79 Å². The van der Waals surface area contributed by atoms with Crippen LogP contribution < -0.4 is 10.6 Å². The van der Waals surface area contributed by atoms with Crippen molar-refractivity contribution in [3.05, 3.63) is 30.3 Å². The minimum atomic E-state index is 0.0687. The maximum atomic E-state index is 11.6. The highest BCUT2D eigenvalue weighted by molar-refractivity contribution is 5.90. The molecule has 94 valence electrons. The molecular weight excluding hydrogens is 212 g/mol. The Kier molecular flexibility index (Phi) is 7.07. The van der Waals surface area contributed by atoms with E-state index in [1.54, 1.807) is 0 Å². The number of hydrogen-bond donors (Lipinski definition) is 2. The number of carbonyl (C=O) groups excluding carboxylic acids is 1. The van der Waals surface area contributed by atoms with E-state index in [0.717, 1.165) is 18.8 Å². The molecule has 0 aliphatic carbocycles. The van der Waals surface area contributed by atoms with Gasteiger partial charge in [-0.25, -0.2) is 0 Å². The van der Waals surface area contributed by atoms with Crippen molar-refractivity contribution in [3.8, 4) is 0 Å². The van der Waals surface area contributed by atoms with Gasteiger partial charge in [-0.2, -0.15) is 0 Å². The second kappa shape index (κ2) is 8.76. The molecule has 0 aliphatic rings. The van der Waals surface area contributed by atoms with Crippen molar-refractivity contribution in [2.45, 2.75) is 32.6 Å². The lowest BCUT2D eigenvalue weighted by Gasteiger charge is -2.06. The maximum absolute atomic E-state index is 11.6. The number of anilines is 1. The van der Waals surface area contributed by atoms with E-state index in [4.69, 9.17) is 0 Å². The Hall–Kier alpha value is -1.35. The van der Waals surface area contributed by atoms with Crippen LogP contribution in [0.25, 0.3) is 0 Å². The molecule has 2 N–H and O–H groups in total. The Morgan fingerprint density at radius 3 is 2.59 bits per heavy atom. The van der Waals surface area contributed by atoms with Crippen LogP contribution in [0, 0.1) is 0 Å². The summed E-state index contributed by atoms with van der Waals surface area (Å²) in [6, 6.07) is 9.56. The summed E-state index contributed by atoms with van der Waals surface area (Å²) in [7, 11) is 0. The van der Waals surface area contributed by atoms with Crippen LogP contribution in [0.5, 0.6) is 0 Å². The molecule has 0 aromatic heterocycles. The second-order valence-corrected chi connectivity index (χ2v) is 4.12. The van der Waals surface area contributed by atoms with Crippen LogP contribution in [0.4, 0.5) is 5.69 Å². The van der Waals surface area contributed by atoms with E-state index in [1.807, 2.05) is 30.3 Å². The molecule has 17 heavy (non-hydrogen) atoms. The highest BCUT2D eigenvalue weighted by Crippen LogP contribution is 2.04. The number of hydrogen-bond acceptors (Lipinski definition) is 2. The normalized spacial score (nSPS) is 10.2. The number of rotatable bonds is 8. The lowest BCUT2D eigenvalue weighted by atomic mass is 10.2. The first-order valence-corrected chi connectivity index (χ1v) is 6.38. The first kappa shape index (κ1) is 13.7. The molecule has 0 aliphatic heterocycles. The summed E-state index contributed by atoms with van der Waals surface area (Å²) in [4.78, 5) is 11.6. The van der Waals surface area contributed by atoms with E-state index < -0.39 is 0 Å². The second-order valence-electron chi connectivity index (χ2n) is 4.12. The van der Waals surface area contributed by atoms with E-state index in [2.05, 4.69) is 17.6 Å². The van der Waals surface area contributed by atoms with E-state index in [1.165, 1.54) is 19.3 Å². The van der Waals surface area contributed by atoms with Crippen LogP contribution in [-0.4, -0.2) is 19.0 Å². The van der Waals surface area contributed by atoms with Gasteiger partial charge in [0.15, 0.2) is 0 Å². The Bertz CT molecular complexity index is 311. The van der Waals surface area contributed by atoms with Crippen molar-refractivity contribution in [1.82, 2.24) is 5.32 Å². The minimum Gasteiger partial charge on any atom is -0.326 e. The van der Waals surface area contributed by atoms with E-state index in [-0.39, 0.29) is 5.91 Å². The Morgan fingerprint density at radius 1 is 1.12 bits per heavy atom. The van der Waals surface area contributed by atoms with E-state index >= 15 is 0 Å². The molecule has 0 heterocycles. The number of para-hydroxylation sites is 1. The molecule has 0 atom stereocenters. The van der Waals surface area contributed by atoms with Crippen LogP contribution >= 0.6 is 0 Å². The molecule has 3 heteroatoms. The summed E-state index contributed by atoms with van der Waals surface area (Å²) >= 11 is 0. The molecule has 0 saturated carbocycles. The zero-order chi connectivity index (χ0) is 12.3. The van der Waals surface area contributed by atoms with Crippen LogP contribution in [0.2, 0.25) is 0 Å². The molecular formula is C14H22N2O. The minimum absolute atomic E-state index is 0.0687. The third-order valence-corrected chi connectivity index (χ3v) is 2.54. The quantitative estimate of drug-likeness (QED) is 0.679. The average molecular weight is 234 g/mol. The lowest BCUT2D eigenvalue weighted by Crippen LogP contribution is -2.22. The van der Waals surface area contributed by atoms with Gasteiger partial charge >= 0.3 is 0 Å². The van der Waals surface area contributed by atoms with Crippen molar-refractivity contribution in [1.29, 1.82) is 0 Å².